The van der Waals surface area contributed by atoms with Gasteiger partial charge in [-0.05, 0) is 28.8 Å². The molecule has 0 bridgehead atoms. The van der Waals surface area contributed by atoms with Crippen molar-refractivity contribution in [1.82, 2.24) is 10.9 Å². The van der Waals surface area contributed by atoms with Crippen molar-refractivity contribution in [3.05, 3.63) is 52.6 Å². The van der Waals surface area contributed by atoms with E-state index in [-0.39, 0.29) is 18.0 Å². The van der Waals surface area contributed by atoms with Crippen LogP contribution < -0.4 is 27.6 Å². The van der Waals surface area contributed by atoms with Gasteiger partial charge < -0.3 is 11.1 Å². The van der Waals surface area contributed by atoms with Crippen molar-refractivity contribution in [2.24, 2.45) is 21.8 Å². The van der Waals surface area contributed by atoms with Crippen LogP contribution in [0.3, 0.4) is 0 Å². The van der Waals surface area contributed by atoms with Gasteiger partial charge in [0.05, 0.1) is 5.56 Å². The van der Waals surface area contributed by atoms with Crippen LogP contribution in [0.4, 0.5) is 13.2 Å². The lowest BCUT2D eigenvalue weighted by molar-refractivity contribution is -0.139. The number of hydrazine groups is 1. The molecular weight excluding hydrogens is 413 g/mol. The number of carbonyl (C=O) groups excluding carboxylic acids is 1. The number of halogens is 3. The summed E-state index contributed by atoms with van der Waals surface area (Å²) in [6.45, 7) is 0.0989. The minimum atomic E-state index is -5.04. The van der Waals surface area contributed by atoms with E-state index in [0.717, 1.165) is 6.07 Å². The van der Waals surface area contributed by atoms with Crippen LogP contribution in [0, 0.1) is 0 Å². The number of hydrogen-bond donors (Lipinski definition) is 5. The van der Waals surface area contributed by atoms with Crippen molar-refractivity contribution in [1.29, 1.82) is 0 Å². The second kappa shape index (κ2) is 7.02. The number of nitrogens with one attached hydrogen (secondary N) is 2. The maximum Gasteiger partial charge on any atom is 0.417 e. The molecule has 0 atom stereocenters. The number of hydrazone groups is 1. The van der Waals surface area contributed by atoms with Gasteiger partial charge in [0.2, 0.25) is 10.0 Å². The lowest BCUT2D eigenvalue weighted by atomic mass is 9.91. The Labute approximate surface area is 162 Å². The second-order valence-corrected chi connectivity index (χ2v) is 7.55. The van der Waals surface area contributed by atoms with Crippen molar-refractivity contribution in [3.8, 4) is 11.1 Å². The Kier molecular flexibility index (Phi) is 4.98. The van der Waals surface area contributed by atoms with E-state index in [0.29, 0.717) is 22.8 Å². The van der Waals surface area contributed by atoms with Crippen molar-refractivity contribution in [3.63, 3.8) is 0 Å². The Bertz CT molecular complexity index is 1150. The van der Waals surface area contributed by atoms with Crippen LogP contribution in [0.5, 0.6) is 0 Å². The summed E-state index contributed by atoms with van der Waals surface area (Å²) in [5.74, 6) is 4.07. The largest absolute Gasteiger partial charge is 0.417 e. The zero-order chi connectivity index (χ0) is 21.6. The van der Waals surface area contributed by atoms with Crippen molar-refractivity contribution < 1.29 is 26.4 Å². The number of fused-ring (bicyclic) bond motifs is 1. The number of alkyl halides is 3. The Balaban J connectivity index is 2.48. The van der Waals surface area contributed by atoms with Gasteiger partial charge in [-0.2, -0.15) is 13.2 Å². The number of primary sulfonamides is 1. The van der Waals surface area contributed by atoms with E-state index in [1.165, 1.54) is 18.2 Å². The zero-order valence-corrected chi connectivity index (χ0v) is 15.4. The number of carbonyl (C=O) groups is 1. The molecule has 1 heterocycles. The third-order valence-electron chi connectivity index (χ3n) is 4.33. The number of nitrogens with two attached hydrogens (primary N) is 3. The average Bonchev–Trinajstić information content (AvgIpc) is 3.00. The molecule has 13 heteroatoms. The molecule has 29 heavy (non-hydrogen) atoms. The van der Waals surface area contributed by atoms with Gasteiger partial charge in [0.15, 0.2) is 5.84 Å². The molecular formula is C16H15F3N6O3S. The first-order valence-electron chi connectivity index (χ1n) is 7.93. The quantitative estimate of drug-likeness (QED) is 0.204. The summed E-state index contributed by atoms with van der Waals surface area (Å²) < 4.78 is 64.8. The van der Waals surface area contributed by atoms with Crippen molar-refractivity contribution in [2.75, 3.05) is 0 Å². The third-order valence-corrected chi connectivity index (χ3v) is 5.32. The Morgan fingerprint density at radius 2 is 1.79 bits per heavy atom. The number of amides is 1. The molecule has 1 amide bonds. The SMILES string of the molecule is NN/N=C(\N)c1c(-c2cccc3c2CNC3=O)ccc(C(F)(F)F)c1S(N)(=O)=O. The van der Waals surface area contributed by atoms with E-state index in [1.807, 2.05) is 5.53 Å². The fourth-order valence-electron chi connectivity index (χ4n) is 3.21. The molecule has 0 radical (unpaired) electrons. The van der Waals surface area contributed by atoms with Gasteiger partial charge in [-0.3, -0.25) is 4.79 Å². The van der Waals surface area contributed by atoms with Crippen LogP contribution in [0.1, 0.15) is 27.0 Å². The van der Waals surface area contributed by atoms with Crippen LogP contribution in [-0.4, -0.2) is 20.2 Å². The first kappa shape index (κ1) is 20.6. The minimum absolute atomic E-state index is 0.00752. The maximum absolute atomic E-state index is 13.5. The van der Waals surface area contributed by atoms with E-state index < -0.39 is 38.1 Å². The monoisotopic (exact) mass is 428 g/mol. The fourth-order valence-corrected chi connectivity index (χ4v) is 4.20. The lowest BCUT2D eigenvalue weighted by Gasteiger charge is -2.20. The molecule has 0 saturated carbocycles. The van der Waals surface area contributed by atoms with E-state index in [1.54, 1.807) is 0 Å². The number of rotatable bonds is 4. The topological polar surface area (TPSA) is 166 Å². The molecule has 0 unspecified atom stereocenters. The summed E-state index contributed by atoms with van der Waals surface area (Å²) in [4.78, 5) is 10.7. The van der Waals surface area contributed by atoms with Gasteiger partial charge in [-0.25, -0.2) is 24.9 Å². The molecule has 3 rings (SSSR count). The van der Waals surface area contributed by atoms with Crippen LogP contribution in [0.25, 0.3) is 11.1 Å². The predicted octanol–water partition coefficient (Wildman–Crippen LogP) is 0.347. The van der Waals surface area contributed by atoms with Gasteiger partial charge in [0, 0.05) is 17.7 Å². The molecule has 0 saturated heterocycles. The molecule has 0 aliphatic carbocycles. The summed E-state index contributed by atoms with van der Waals surface area (Å²) in [5, 5.41) is 11.1. The van der Waals surface area contributed by atoms with Crippen molar-refractivity contribution >= 4 is 21.8 Å². The highest BCUT2D eigenvalue weighted by Crippen LogP contribution is 2.40. The zero-order valence-electron chi connectivity index (χ0n) is 14.5. The highest BCUT2D eigenvalue weighted by atomic mass is 32.2. The molecule has 2 aromatic rings. The highest BCUT2D eigenvalue weighted by molar-refractivity contribution is 7.89. The van der Waals surface area contributed by atoms with E-state index in [4.69, 9.17) is 16.7 Å². The molecule has 154 valence electrons. The summed E-state index contributed by atoms with van der Waals surface area (Å²) in [5.41, 5.74) is 6.56. The Morgan fingerprint density at radius 3 is 2.38 bits per heavy atom. The fraction of sp³-hybridized carbons (Fsp3) is 0.125. The van der Waals surface area contributed by atoms with E-state index in [2.05, 4.69) is 10.4 Å². The smallest absolute Gasteiger partial charge is 0.382 e. The molecule has 1 aliphatic heterocycles. The molecule has 0 spiro atoms. The van der Waals surface area contributed by atoms with Crippen molar-refractivity contribution in [2.45, 2.75) is 17.6 Å². The predicted molar refractivity (Wildman–Crippen MR) is 97.5 cm³/mol. The minimum Gasteiger partial charge on any atom is -0.382 e. The van der Waals surface area contributed by atoms with Crippen LogP contribution in [0.2, 0.25) is 0 Å². The first-order valence-corrected chi connectivity index (χ1v) is 9.48. The van der Waals surface area contributed by atoms with Gasteiger partial charge in [0.1, 0.15) is 4.90 Å². The molecule has 0 aromatic heterocycles. The van der Waals surface area contributed by atoms with Crippen LogP contribution in [-0.2, 0) is 22.7 Å². The number of benzene rings is 2. The standard InChI is InChI=1S/C16H15F3N6O3S/c17-16(18,19)11-5-4-8(7-2-1-3-9-10(7)6-23-15(9)26)12(14(20)24-25-21)13(11)29(22,27)28/h1-5,25H,6,21H2,(H2,20,24)(H,23,26)(H2,22,27,28). The van der Waals surface area contributed by atoms with E-state index >= 15 is 0 Å². The molecule has 0 fully saturated rings. The summed E-state index contributed by atoms with van der Waals surface area (Å²) >= 11 is 0. The van der Waals surface area contributed by atoms with Gasteiger partial charge in [-0.1, -0.05) is 18.2 Å². The number of amidine groups is 1. The van der Waals surface area contributed by atoms with Gasteiger partial charge in [0.25, 0.3) is 5.91 Å². The Hall–Kier alpha value is -3.16. The van der Waals surface area contributed by atoms with Crippen LogP contribution >= 0.6 is 0 Å². The molecule has 9 nitrogen and oxygen atoms in total. The Morgan fingerprint density at radius 1 is 1.14 bits per heavy atom. The summed E-state index contributed by atoms with van der Waals surface area (Å²) in [6, 6.07) is 6.19. The third kappa shape index (κ3) is 3.62. The average molecular weight is 428 g/mol. The van der Waals surface area contributed by atoms with E-state index in [9.17, 15) is 26.4 Å². The van der Waals surface area contributed by atoms with Gasteiger partial charge >= 0.3 is 6.18 Å². The summed E-state index contributed by atoms with van der Waals surface area (Å²) in [7, 11) is -4.90. The second-order valence-electron chi connectivity index (χ2n) is 6.05. The molecule has 1 aliphatic rings. The number of nitrogens with zero attached hydrogens (tertiary/aromatic N) is 1. The molecule has 2 aromatic carbocycles. The first-order chi connectivity index (χ1) is 13.5. The number of sulfonamides is 1. The molecule has 8 N–H and O–H groups in total. The highest BCUT2D eigenvalue weighted by Gasteiger charge is 2.40. The van der Waals surface area contributed by atoms with Crippen LogP contribution in [0.15, 0.2) is 40.3 Å². The lowest BCUT2D eigenvalue weighted by Crippen LogP contribution is -2.29. The maximum atomic E-state index is 13.5. The normalized spacial score (nSPS) is 14.5. The summed E-state index contributed by atoms with van der Waals surface area (Å²) in [6.07, 6.45) is -5.04. The number of hydrogen-bond acceptors (Lipinski definition) is 6. The van der Waals surface area contributed by atoms with Gasteiger partial charge in [-0.15, -0.1) is 5.10 Å².